The zero-order chi connectivity index (χ0) is 15.8. The van der Waals surface area contributed by atoms with E-state index in [0.29, 0.717) is 34.8 Å². The van der Waals surface area contributed by atoms with Crippen molar-refractivity contribution >= 4 is 34.6 Å². The van der Waals surface area contributed by atoms with Crippen molar-refractivity contribution in [3.05, 3.63) is 53.6 Å². The van der Waals surface area contributed by atoms with Crippen molar-refractivity contribution in [1.82, 2.24) is 5.32 Å². The minimum atomic E-state index is 0.553. The predicted octanol–water partition coefficient (Wildman–Crippen LogP) is 4.07. The summed E-state index contributed by atoms with van der Waals surface area (Å²) in [6.07, 6.45) is 0. The van der Waals surface area contributed by atoms with Gasteiger partial charge < -0.3 is 20.1 Å². The topological polar surface area (TPSA) is 42.5 Å². The lowest BCUT2D eigenvalue weighted by Crippen LogP contribution is -2.31. The number of halogens is 1. The number of hydrogen-bond donors (Lipinski definition) is 2. The lowest BCUT2D eigenvalue weighted by molar-refractivity contribution is 0.204. The van der Waals surface area contributed by atoms with Crippen molar-refractivity contribution in [3.8, 4) is 11.5 Å². The van der Waals surface area contributed by atoms with E-state index in [9.17, 15) is 0 Å². The molecule has 0 unspecified atom stereocenters. The number of anilines is 1. The van der Waals surface area contributed by atoms with E-state index in [4.69, 9.17) is 33.3 Å². The molecule has 0 aliphatic carbocycles. The quantitative estimate of drug-likeness (QED) is 0.615. The van der Waals surface area contributed by atoms with E-state index in [1.807, 2.05) is 42.5 Å². The SMILES string of the molecule is COCCNC(=S)Nc1ccc(Oc2ccccc2Cl)cc1. The zero-order valence-corrected chi connectivity index (χ0v) is 13.7. The van der Waals surface area contributed by atoms with Crippen LogP contribution in [0.25, 0.3) is 0 Å². The van der Waals surface area contributed by atoms with Crippen molar-refractivity contribution in [2.45, 2.75) is 0 Å². The number of nitrogens with one attached hydrogen (secondary N) is 2. The first-order valence-electron chi connectivity index (χ1n) is 6.75. The lowest BCUT2D eigenvalue weighted by atomic mass is 10.3. The standard InChI is InChI=1S/C16H17ClN2O2S/c1-20-11-10-18-16(22)19-12-6-8-13(9-7-12)21-15-5-3-2-4-14(15)17/h2-9H,10-11H2,1H3,(H2,18,19,22). The third-order valence-electron chi connectivity index (χ3n) is 2.77. The molecule has 0 aliphatic rings. The summed E-state index contributed by atoms with van der Waals surface area (Å²) < 4.78 is 10.7. The minimum Gasteiger partial charge on any atom is -0.456 e. The van der Waals surface area contributed by atoms with E-state index < -0.39 is 0 Å². The molecule has 0 spiro atoms. The number of methoxy groups -OCH3 is 1. The molecule has 2 N–H and O–H groups in total. The molecule has 0 fully saturated rings. The molecule has 22 heavy (non-hydrogen) atoms. The van der Waals surface area contributed by atoms with Crippen LogP contribution in [0.2, 0.25) is 5.02 Å². The Hall–Kier alpha value is -1.82. The van der Waals surface area contributed by atoms with E-state index in [2.05, 4.69) is 10.6 Å². The highest BCUT2D eigenvalue weighted by Crippen LogP contribution is 2.29. The van der Waals surface area contributed by atoms with Crippen LogP contribution in [0.4, 0.5) is 5.69 Å². The number of benzene rings is 2. The van der Waals surface area contributed by atoms with Gasteiger partial charge in [-0.25, -0.2) is 0 Å². The second-order valence-corrected chi connectivity index (χ2v) is 5.25. The first-order chi connectivity index (χ1) is 10.7. The summed E-state index contributed by atoms with van der Waals surface area (Å²) in [5, 5.41) is 7.26. The normalized spacial score (nSPS) is 10.1. The Morgan fingerprint density at radius 1 is 1.14 bits per heavy atom. The monoisotopic (exact) mass is 336 g/mol. The second-order valence-electron chi connectivity index (χ2n) is 4.43. The molecule has 0 atom stereocenters. The summed E-state index contributed by atoms with van der Waals surface area (Å²) in [5.41, 5.74) is 0.876. The molecule has 0 radical (unpaired) electrons. The molecule has 6 heteroatoms. The summed E-state index contributed by atoms with van der Waals surface area (Å²) in [6, 6.07) is 14.8. The van der Waals surface area contributed by atoms with Crippen LogP contribution in [-0.4, -0.2) is 25.4 Å². The van der Waals surface area contributed by atoms with Crippen LogP contribution in [0.15, 0.2) is 48.5 Å². The Balaban J connectivity index is 1.90. The average Bonchev–Trinajstić information content (AvgIpc) is 2.52. The van der Waals surface area contributed by atoms with Gasteiger partial charge in [0.25, 0.3) is 0 Å². The van der Waals surface area contributed by atoms with Gasteiger partial charge in [-0.2, -0.15) is 0 Å². The minimum absolute atomic E-state index is 0.553. The van der Waals surface area contributed by atoms with Crippen molar-refractivity contribution in [2.75, 3.05) is 25.6 Å². The Morgan fingerprint density at radius 2 is 1.86 bits per heavy atom. The summed E-state index contributed by atoms with van der Waals surface area (Å²) in [4.78, 5) is 0. The lowest BCUT2D eigenvalue weighted by Gasteiger charge is -2.11. The number of para-hydroxylation sites is 1. The van der Waals surface area contributed by atoms with Crippen LogP contribution >= 0.6 is 23.8 Å². The van der Waals surface area contributed by atoms with Gasteiger partial charge >= 0.3 is 0 Å². The molecule has 2 aromatic rings. The van der Waals surface area contributed by atoms with Gasteiger partial charge in [-0.15, -0.1) is 0 Å². The summed E-state index contributed by atoms with van der Waals surface area (Å²) in [5.74, 6) is 1.33. The molecule has 0 aliphatic heterocycles. The van der Waals surface area contributed by atoms with Crippen molar-refractivity contribution in [1.29, 1.82) is 0 Å². The van der Waals surface area contributed by atoms with Crippen molar-refractivity contribution in [3.63, 3.8) is 0 Å². The van der Waals surface area contributed by atoms with Gasteiger partial charge in [0, 0.05) is 19.3 Å². The molecular weight excluding hydrogens is 320 g/mol. The first-order valence-corrected chi connectivity index (χ1v) is 7.54. The smallest absolute Gasteiger partial charge is 0.170 e. The van der Waals surface area contributed by atoms with Crippen LogP contribution in [-0.2, 0) is 4.74 Å². The highest BCUT2D eigenvalue weighted by Gasteiger charge is 2.02. The highest BCUT2D eigenvalue weighted by atomic mass is 35.5. The average molecular weight is 337 g/mol. The van der Waals surface area contributed by atoms with E-state index in [1.54, 1.807) is 13.2 Å². The molecule has 0 aromatic heterocycles. The molecule has 4 nitrogen and oxygen atoms in total. The van der Waals surface area contributed by atoms with Crippen LogP contribution in [0.5, 0.6) is 11.5 Å². The van der Waals surface area contributed by atoms with Gasteiger partial charge in [-0.1, -0.05) is 23.7 Å². The molecule has 0 amide bonds. The molecule has 0 saturated carbocycles. The fraction of sp³-hybridized carbons (Fsp3) is 0.188. The molecule has 2 rings (SSSR count). The molecular formula is C16H17ClN2O2S. The molecule has 116 valence electrons. The van der Waals surface area contributed by atoms with Gasteiger partial charge in [0.15, 0.2) is 5.11 Å². The van der Waals surface area contributed by atoms with Crippen molar-refractivity contribution in [2.24, 2.45) is 0 Å². The van der Waals surface area contributed by atoms with Gasteiger partial charge in [0.1, 0.15) is 11.5 Å². The maximum atomic E-state index is 6.06. The van der Waals surface area contributed by atoms with E-state index in [0.717, 1.165) is 5.69 Å². The largest absolute Gasteiger partial charge is 0.456 e. The van der Waals surface area contributed by atoms with Gasteiger partial charge in [-0.3, -0.25) is 0 Å². The summed E-state index contributed by atoms with van der Waals surface area (Å²) >= 11 is 11.2. The number of hydrogen-bond acceptors (Lipinski definition) is 3. The maximum absolute atomic E-state index is 6.06. The zero-order valence-electron chi connectivity index (χ0n) is 12.1. The summed E-state index contributed by atoms with van der Waals surface area (Å²) in [6.45, 7) is 1.27. The number of thiocarbonyl (C=S) groups is 1. The molecule has 0 heterocycles. The Labute approximate surface area is 140 Å². The van der Waals surface area contributed by atoms with E-state index in [1.165, 1.54) is 0 Å². The molecule has 0 saturated heterocycles. The van der Waals surface area contributed by atoms with E-state index in [-0.39, 0.29) is 0 Å². The first kappa shape index (κ1) is 16.5. The van der Waals surface area contributed by atoms with Crippen LogP contribution < -0.4 is 15.4 Å². The predicted molar refractivity (Wildman–Crippen MR) is 94.1 cm³/mol. The fourth-order valence-corrected chi connectivity index (χ4v) is 2.10. The molecule has 2 aromatic carbocycles. The summed E-state index contributed by atoms with van der Waals surface area (Å²) in [7, 11) is 1.65. The maximum Gasteiger partial charge on any atom is 0.170 e. The number of ether oxygens (including phenoxy) is 2. The van der Waals surface area contributed by atoms with Gasteiger partial charge in [0.05, 0.1) is 11.6 Å². The number of rotatable bonds is 6. The highest BCUT2D eigenvalue weighted by molar-refractivity contribution is 7.80. The Kier molecular flexibility index (Phi) is 6.45. The van der Waals surface area contributed by atoms with Crippen LogP contribution in [0, 0.1) is 0 Å². The second kappa shape index (κ2) is 8.58. The van der Waals surface area contributed by atoms with Crippen LogP contribution in [0.3, 0.4) is 0 Å². The van der Waals surface area contributed by atoms with Gasteiger partial charge in [-0.05, 0) is 48.6 Å². The van der Waals surface area contributed by atoms with Crippen LogP contribution in [0.1, 0.15) is 0 Å². The van der Waals surface area contributed by atoms with E-state index >= 15 is 0 Å². The Bertz CT molecular complexity index is 620. The fourth-order valence-electron chi connectivity index (χ4n) is 1.70. The third kappa shape index (κ3) is 5.18. The molecule has 0 bridgehead atoms. The third-order valence-corrected chi connectivity index (χ3v) is 3.33. The Morgan fingerprint density at radius 3 is 2.55 bits per heavy atom. The van der Waals surface area contributed by atoms with Gasteiger partial charge in [0.2, 0.25) is 0 Å². The van der Waals surface area contributed by atoms with Crippen molar-refractivity contribution < 1.29 is 9.47 Å².